The molecule has 16 heavy (non-hydrogen) atoms. The summed E-state index contributed by atoms with van der Waals surface area (Å²) < 4.78 is 0. The lowest BCUT2D eigenvalue weighted by Crippen LogP contribution is -2.56. The highest BCUT2D eigenvalue weighted by atomic mass is 32.2. The van der Waals surface area contributed by atoms with Gasteiger partial charge in [-0.05, 0) is 57.6 Å². The van der Waals surface area contributed by atoms with E-state index < -0.39 is 0 Å². The van der Waals surface area contributed by atoms with Gasteiger partial charge in [0.25, 0.3) is 0 Å². The molecule has 0 spiro atoms. The standard InChI is InChI=1S/C13H28N2S/c1-5-13(10-14,12-6-7-12)15(3)11(2)8-9-16-4/h11-12H,5-10,14H2,1-4H3. The third-order valence-electron chi connectivity index (χ3n) is 4.41. The van der Waals surface area contributed by atoms with Crippen molar-refractivity contribution in [1.82, 2.24) is 4.90 Å². The van der Waals surface area contributed by atoms with E-state index in [9.17, 15) is 0 Å². The van der Waals surface area contributed by atoms with Crippen LogP contribution in [0.15, 0.2) is 0 Å². The van der Waals surface area contributed by atoms with Crippen molar-refractivity contribution in [3.8, 4) is 0 Å². The summed E-state index contributed by atoms with van der Waals surface area (Å²) in [6, 6.07) is 0.650. The summed E-state index contributed by atoms with van der Waals surface area (Å²) in [5.41, 5.74) is 6.36. The van der Waals surface area contributed by atoms with E-state index in [0.717, 1.165) is 12.5 Å². The molecular weight excluding hydrogens is 216 g/mol. The van der Waals surface area contributed by atoms with Crippen molar-refractivity contribution in [2.75, 3.05) is 25.6 Å². The summed E-state index contributed by atoms with van der Waals surface area (Å²) >= 11 is 1.94. The van der Waals surface area contributed by atoms with Crippen LogP contribution >= 0.6 is 11.8 Å². The fourth-order valence-electron chi connectivity index (χ4n) is 2.82. The monoisotopic (exact) mass is 244 g/mol. The molecule has 2 atom stereocenters. The Morgan fingerprint density at radius 1 is 1.50 bits per heavy atom. The largest absolute Gasteiger partial charge is 0.329 e. The smallest absolute Gasteiger partial charge is 0.0356 e. The SMILES string of the molecule is CCC(CN)(C1CC1)N(C)C(C)CCSC. The predicted octanol–water partition coefficient (Wildman–Crippen LogP) is 2.58. The summed E-state index contributed by atoms with van der Waals surface area (Å²) in [5.74, 6) is 2.10. The summed E-state index contributed by atoms with van der Waals surface area (Å²) in [6.07, 6.45) is 7.40. The molecule has 1 aliphatic rings. The van der Waals surface area contributed by atoms with Gasteiger partial charge >= 0.3 is 0 Å². The van der Waals surface area contributed by atoms with Crippen LogP contribution in [0.4, 0.5) is 0 Å². The quantitative estimate of drug-likeness (QED) is 0.711. The molecule has 0 saturated heterocycles. The van der Waals surface area contributed by atoms with Gasteiger partial charge in [-0.2, -0.15) is 11.8 Å². The second kappa shape index (κ2) is 6.27. The Kier molecular flexibility index (Phi) is 5.62. The molecule has 2 N–H and O–H groups in total. The summed E-state index contributed by atoms with van der Waals surface area (Å²) in [7, 11) is 2.28. The number of hydrogen-bond acceptors (Lipinski definition) is 3. The van der Waals surface area contributed by atoms with E-state index in [4.69, 9.17) is 5.73 Å². The fraction of sp³-hybridized carbons (Fsp3) is 1.00. The first-order chi connectivity index (χ1) is 7.62. The Bertz CT molecular complexity index is 200. The van der Waals surface area contributed by atoms with Gasteiger partial charge in [0, 0.05) is 18.1 Å². The minimum absolute atomic E-state index is 0.276. The van der Waals surface area contributed by atoms with Crippen molar-refractivity contribution in [2.45, 2.75) is 51.1 Å². The van der Waals surface area contributed by atoms with Crippen LogP contribution in [0.3, 0.4) is 0 Å². The number of likely N-dealkylation sites (N-methyl/N-ethyl adjacent to an activating group) is 1. The molecule has 0 bridgehead atoms. The van der Waals surface area contributed by atoms with Gasteiger partial charge in [0.2, 0.25) is 0 Å². The van der Waals surface area contributed by atoms with E-state index in [2.05, 4.69) is 32.1 Å². The van der Waals surface area contributed by atoms with Gasteiger partial charge in [0.1, 0.15) is 0 Å². The number of nitrogens with two attached hydrogens (primary N) is 1. The van der Waals surface area contributed by atoms with Crippen LogP contribution in [-0.4, -0.2) is 42.1 Å². The van der Waals surface area contributed by atoms with E-state index >= 15 is 0 Å². The molecule has 1 aliphatic carbocycles. The Labute approximate surface area is 105 Å². The van der Waals surface area contributed by atoms with Crippen molar-refractivity contribution >= 4 is 11.8 Å². The Morgan fingerprint density at radius 3 is 2.50 bits per heavy atom. The molecule has 0 aromatic rings. The van der Waals surface area contributed by atoms with Crippen molar-refractivity contribution in [3.63, 3.8) is 0 Å². The van der Waals surface area contributed by atoms with Crippen LogP contribution in [0.25, 0.3) is 0 Å². The van der Waals surface area contributed by atoms with Crippen molar-refractivity contribution in [3.05, 3.63) is 0 Å². The van der Waals surface area contributed by atoms with Crippen molar-refractivity contribution < 1.29 is 0 Å². The van der Waals surface area contributed by atoms with Crippen LogP contribution in [-0.2, 0) is 0 Å². The maximum Gasteiger partial charge on any atom is 0.0356 e. The summed E-state index contributed by atoms with van der Waals surface area (Å²) in [6.45, 7) is 5.45. The highest BCUT2D eigenvalue weighted by Gasteiger charge is 2.46. The fourth-order valence-corrected chi connectivity index (χ4v) is 3.40. The maximum atomic E-state index is 6.08. The lowest BCUT2D eigenvalue weighted by Gasteiger charge is -2.44. The molecule has 0 aromatic heterocycles. The van der Waals surface area contributed by atoms with E-state index in [1.54, 1.807) is 0 Å². The van der Waals surface area contributed by atoms with Gasteiger partial charge in [-0.25, -0.2) is 0 Å². The highest BCUT2D eigenvalue weighted by molar-refractivity contribution is 7.98. The third-order valence-corrected chi connectivity index (χ3v) is 5.05. The molecule has 1 rings (SSSR count). The Balaban J connectivity index is 2.62. The van der Waals surface area contributed by atoms with Crippen LogP contribution in [0.2, 0.25) is 0 Å². The van der Waals surface area contributed by atoms with Crippen LogP contribution in [0.1, 0.15) is 39.5 Å². The lowest BCUT2D eigenvalue weighted by atomic mass is 9.87. The zero-order valence-electron chi connectivity index (χ0n) is 11.3. The molecule has 96 valence electrons. The Morgan fingerprint density at radius 2 is 2.12 bits per heavy atom. The average Bonchev–Trinajstić information content (AvgIpc) is 3.12. The third kappa shape index (κ3) is 2.93. The topological polar surface area (TPSA) is 29.3 Å². The summed E-state index contributed by atoms with van der Waals surface area (Å²) in [5, 5.41) is 0. The molecule has 3 heteroatoms. The van der Waals surface area contributed by atoms with E-state index in [1.807, 2.05) is 11.8 Å². The number of thioether (sulfide) groups is 1. The van der Waals surface area contributed by atoms with Crippen molar-refractivity contribution in [2.24, 2.45) is 11.7 Å². The normalized spacial score (nSPS) is 22.1. The van der Waals surface area contributed by atoms with Gasteiger partial charge in [-0.3, -0.25) is 4.90 Å². The number of hydrogen-bond donors (Lipinski definition) is 1. The summed E-state index contributed by atoms with van der Waals surface area (Å²) in [4.78, 5) is 2.57. The molecule has 0 amide bonds. The molecule has 0 aromatic carbocycles. The van der Waals surface area contributed by atoms with Gasteiger partial charge < -0.3 is 5.73 Å². The molecule has 1 saturated carbocycles. The molecule has 2 unspecified atom stereocenters. The van der Waals surface area contributed by atoms with Crippen molar-refractivity contribution in [1.29, 1.82) is 0 Å². The van der Waals surface area contributed by atoms with Crippen LogP contribution in [0, 0.1) is 5.92 Å². The van der Waals surface area contributed by atoms with Gasteiger partial charge in [-0.15, -0.1) is 0 Å². The highest BCUT2D eigenvalue weighted by Crippen LogP contribution is 2.45. The lowest BCUT2D eigenvalue weighted by molar-refractivity contribution is 0.0589. The average molecular weight is 244 g/mol. The Hall–Kier alpha value is 0.270. The second-order valence-electron chi connectivity index (χ2n) is 5.18. The minimum atomic E-state index is 0.276. The number of nitrogens with zero attached hydrogens (tertiary/aromatic N) is 1. The van der Waals surface area contributed by atoms with E-state index in [0.29, 0.717) is 6.04 Å². The zero-order chi connectivity index (χ0) is 12.2. The predicted molar refractivity (Wildman–Crippen MR) is 75.0 cm³/mol. The first-order valence-electron chi connectivity index (χ1n) is 6.54. The van der Waals surface area contributed by atoms with E-state index in [-0.39, 0.29) is 5.54 Å². The molecule has 2 nitrogen and oxygen atoms in total. The maximum absolute atomic E-state index is 6.08. The zero-order valence-corrected chi connectivity index (χ0v) is 12.1. The molecular formula is C13H28N2S. The minimum Gasteiger partial charge on any atom is -0.329 e. The second-order valence-corrected chi connectivity index (χ2v) is 6.16. The molecule has 1 fully saturated rings. The first-order valence-corrected chi connectivity index (χ1v) is 7.93. The van der Waals surface area contributed by atoms with Gasteiger partial charge in [0.15, 0.2) is 0 Å². The van der Waals surface area contributed by atoms with Gasteiger partial charge in [-0.1, -0.05) is 6.92 Å². The van der Waals surface area contributed by atoms with Gasteiger partial charge in [0.05, 0.1) is 0 Å². The van der Waals surface area contributed by atoms with Crippen LogP contribution < -0.4 is 5.73 Å². The number of rotatable bonds is 8. The molecule has 0 radical (unpaired) electrons. The molecule has 0 aliphatic heterocycles. The molecule has 0 heterocycles. The first kappa shape index (κ1) is 14.3. The van der Waals surface area contributed by atoms with Crippen LogP contribution in [0.5, 0.6) is 0 Å². The van der Waals surface area contributed by atoms with E-state index in [1.165, 1.54) is 31.4 Å².